The molecule has 0 bridgehead atoms. The molecule has 1 unspecified atom stereocenters. The van der Waals surface area contributed by atoms with Gasteiger partial charge in [-0.3, -0.25) is 0 Å². The van der Waals surface area contributed by atoms with Gasteiger partial charge in [0, 0.05) is 17.7 Å². The molecule has 21 heavy (non-hydrogen) atoms. The van der Waals surface area contributed by atoms with Gasteiger partial charge in [-0.15, -0.1) is 0 Å². The van der Waals surface area contributed by atoms with E-state index >= 15 is 0 Å². The van der Waals surface area contributed by atoms with Crippen molar-refractivity contribution in [2.75, 3.05) is 7.05 Å². The van der Waals surface area contributed by atoms with Gasteiger partial charge in [0.1, 0.15) is 11.6 Å². The van der Waals surface area contributed by atoms with Crippen LogP contribution in [0.25, 0.3) is 0 Å². The largest absolute Gasteiger partial charge is 0.313 e. The van der Waals surface area contributed by atoms with Crippen LogP contribution in [0, 0.1) is 30.2 Å². The second kappa shape index (κ2) is 6.26. The van der Waals surface area contributed by atoms with Crippen LogP contribution >= 0.6 is 0 Å². The van der Waals surface area contributed by atoms with Crippen molar-refractivity contribution in [2.24, 2.45) is 0 Å². The Morgan fingerprint density at radius 2 is 1.62 bits per heavy atom. The van der Waals surface area contributed by atoms with E-state index in [4.69, 9.17) is 0 Å². The number of aryl methyl sites for hydroxylation is 1. The summed E-state index contributed by atoms with van der Waals surface area (Å²) < 4.78 is 53.3. The molecule has 0 radical (unpaired) electrons. The van der Waals surface area contributed by atoms with E-state index < -0.39 is 29.3 Å². The zero-order valence-electron chi connectivity index (χ0n) is 11.7. The van der Waals surface area contributed by atoms with E-state index in [0.717, 1.165) is 18.2 Å². The van der Waals surface area contributed by atoms with Crippen LogP contribution in [0.2, 0.25) is 0 Å². The lowest BCUT2D eigenvalue weighted by Crippen LogP contribution is -2.20. The summed E-state index contributed by atoms with van der Waals surface area (Å²) >= 11 is 0. The average molecular weight is 297 g/mol. The summed E-state index contributed by atoms with van der Waals surface area (Å²) in [5.74, 6) is -3.15. The number of likely N-dealkylation sites (N-methyl/N-ethyl adjacent to an activating group) is 1. The third kappa shape index (κ3) is 3.42. The van der Waals surface area contributed by atoms with Gasteiger partial charge in [-0.25, -0.2) is 17.6 Å². The summed E-state index contributed by atoms with van der Waals surface area (Å²) in [5.41, 5.74) is 1.15. The molecule has 5 heteroatoms. The van der Waals surface area contributed by atoms with Crippen LogP contribution in [0.4, 0.5) is 17.6 Å². The van der Waals surface area contributed by atoms with Crippen molar-refractivity contribution in [1.29, 1.82) is 0 Å². The first-order valence-electron chi connectivity index (χ1n) is 6.49. The minimum absolute atomic E-state index is 0.260. The van der Waals surface area contributed by atoms with Crippen LogP contribution in [-0.2, 0) is 6.42 Å². The molecular formula is C16H15F4N. The predicted octanol–water partition coefficient (Wildman–Crippen LogP) is 4.05. The molecule has 1 N–H and O–H groups in total. The highest BCUT2D eigenvalue weighted by atomic mass is 19.2. The van der Waals surface area contributed by atoms with Gasteiger partial charge in [-0.2, -0.15) is 0 Å². The second-order valence-electron chi connectivity index (χ2n) is 4.92. The molecular weight excluding hydrogens is 282 g/mol. The average Bonchev–Trinajstić information content (AvgIpc) is 2.44. The van der Waals surface area contributed by atoms with E-state index in [1.165, 1.54) is 12.1 Å². The molecule has 0 aliphatic rings. The lowest BCUT2D eigenvalue weighted by molar-refractivity contribution is 0.500. The molecule has 0 saturated carbocycles. The Morgan fingerprint density at radius 1 is 0.905 bits per heavy atom. The van der Waals surface area contributed by atoms with Crippen molar-refractivity contribution in [1.82, 2.24) is 5.32 Å². The van der Waals surface area contributed by atoms with Crippen molar-refractivity contribution < 1.29 is 17.6 Å². The van der Waals surface area contributed by atoms with Gasteiger partial charge in [-0.1, -0.05) is 6.07 Å². The maximum absolute atomic E-state index is 13.9. The number of rotatable bonds is 4. The van der Waals surface area contributed by atoms with Crippen LogP contribution in [-0.4, -0.2) is 7.05 Å². The number of hydrogen-bond donors (Lipinski definition) is 1. The molecule has 0 fully saturated rings. The summed E-state index contributed by atoms with van der Waals surface area (Å²) in [6, 6.07) is 5.34. The highest BCUT2D eigenvalue weighted by Gasteiger charge is 2.17. The third-order valence-corrected chi connectivity index (χ3v) is 3.43. The van der Waals surface area contributed by atoms with Crippen LogP contribution in [0.15, 0.2) is 30.3 Å². The highest BCUT2D eigenvalue weighted by molar-refractivity contribution is 5.30. The maximum Gasteiger partial charge on any atom is 0.159 e. The normalized spacial score (nSPS) is 12.5. The van der Waals surface area contributed by atoms with Crippen molar-refractivity contribution in [3.05, 3.63) is 70.3 Å². The second-order valence-corrected chi connectivity index (χ2v) is 4.92. The van der Waals surface area contributed by atoms with E-state index in [2.05, 4.69) is 5.32 Å². The van der Waals surface area contributed by atoms with Gasteiger partial charge in [0.05, 0.1) is 0 Å². The maximum atomic E-state index is 13.9. The van der Waals surface area contributed by atoms with Crippen molar-refractivity contribution >= 4 is 0 Å². The van der Waals surface area contributed by atoms with Crippen molar-refractivity contribution in [3.63, 3.8) is 0 Å². The number of nitrogens with one attached hydrogen (secondary N) is 1. The zero-order chi connectivity index (χ0) is 15.6. The number of halogens is 4. The fraction of sp³-hybridized carbons (Fsp3) is 0.250. The third-order valence-electron chi connectivity index (χ3n) is 3.43. The first kappa shape index (κ1) is 15.5. The van der Waals surface area contributed by atoms with Crippen molar-refractivity contribution in [3.8, 4) is 0 Å². The lowest BCUT2D eigenvalue weighted by atomic mass is 9.97. The fourth-order valence-corrected chi connectivity index (χ4v) is 2.22. The molecule has 0 aromatic heterocycles. The minimum Gasteiger partial charge on any atom is -0.313 e. The van der Waals surface area contributed by atoms with E-state index in [1.54, 1.807) is 14.0 Å². The summed E-state index contributed by atoms with van der Waals surface area (Å²) in [7, 11) is 1.63. The molecule has 0 saturated heterocycles. The Labute approximate surface area is 120 Å². The molecule has 2 aromatic rings. The predicted molar refractivity (Wildman–Crippen MR) is 73.0 cm³/mol. The first-order valence-corrected chi connectivity index (χ1v) is 6.49. The number of benzene rings is 2. The van der Waals surface area contributed by atoms with E-state index in [0.29, 0.717) is 16.7 Å². The Hall–Kier alpha value is -1.88. The molecule has 112 valence electrons. The molecule has 2 rings (SSSR count). The Bertz CT molecular complexity index is 655. The first-order chi connectivity index (χ1) is 9.92. The smallest absolute Gasteiger partial charge is 0.159 e. The fourth-order valence-electron chi connectivity index (χ4n) is 2.22. The van der Waals surface area contributed by atoms with Gasteiger partial charge in [0.15, 0.2) is 11.6 Å². The summed E-state index contributed by atoms with van der Waals surface area (Å²) in [5, 5.41) is 2.91. The topological polar surface area (TPSA) is 12.0 Å². The van der Waals surface area contributed by atoms with Gasteiger partial charge in [0.25, 0.3) is 0 Å². The molecule has 0 spiro atoms. The molecule has 0 heterocycles. The highest BCUT2D eigenvalue weighted by Crippen LogP contribution is 2.24. The van der Waals surface area contributed by atoms with E-state index in [-0.39, 0.29) is 6.42 Å². The Morgan fingerprint density at radius 3 is 2.24 bits per heavy atom. The zero-order valence-corrected chi connectivity index (χ0v) is 11.7. The summed E-state index contributed by atoms with van der Waals surface area (Å²) in [4.78, 5) is 0. The summed E-state index contributed by atoms with van der Waals surface area (Å²) in [6.45, 7) is 1.54. The van der Waals surface area contributed by atoms with Gasteiger partial charge in [0.2, 0.25) is 0 Å². The van der Waals surface area contributed by atoms with Crippen LogP contribution < -0.4 is 5.32 Å². The Balaban J connectivity index is 2.31. The van der Waals surface area contributed by atoms with Gasteiger partial charge >= 0.3 is 0 Å². The standard InChI is InChI=1S/C16H15F4N/c1-9-5-11(14(19)8-13(9)18)16(21-2)7-10-3-4-12(17)15(20)6-10/h3-6,8,16,21H,7H2,1-2H3. The van der Waals surface area contributed by atoms with Crippen LogP contribution in [0.5, 0.6) is 0 Å². The summed E-state index contributed by atoms with van der Waals surface area (Å²) in [6.07, 6.45) is 0.260. The molecule has 0 aliphatic carbocycles. The Kier molecular flexibility index (Phi) is 4.63. The molecule has 2 aromatic carbocycles. The molecule has 0 aliphatic heterocycles. The SMILES string of the molecule is CNC(Cc1ccc(F)c(F)c1)c1cc(C)c(F)cc1F. The molecule has 1 nitrogen and oxygen atoms in total. The lowest BCUT2D eigenvalue weighted by Gasteiger charge is -2.18. The monoisotopic (exact) mass is 297 g/mol. The van der Waals surface area contributed by atoms with Crippen LogP contribution in [0.3, 0.4) is 0 Å². The van der Waals surface area contributed by atoms with E-state index in [1.807, 2.05) is 0 Å². The quantitative estimate of drug-likeness (QED) is 0.839. The van der Waals surface area contributed by atoms with E-state index in [9.17, 15) is 17.6 Å². The van der Waals surface area contributed by atoms with Gasteiger partial charge < -0.3 is 5.32 Å². The van der Waals surface area contributed by atoms with Gasteiger partial charge in [-0.05, 0) is 49.7 Å². The number of hydrogen-bond acceptors (Lipinski definition) is 1. The van der Waals surface area contributed by atoms with Crippen LogP contribution in [0.1, 0.15) is 22.7 Å². The minimum atomic E-state index is -0.946. The molecule has 1 atom stereocenters. The van der Waals surface area contributed by atoms with Crippen molar-refractivity contribution in [2.45, 2.75) is 19.4 Å². The molecule has 0 amide bonds.